The van der Waals surface area contributed by atoms with E-state index in [2.05, 4.69) is 4.98 Å². The molecule has 0 radical (unpaired) electrons. The zero-order valence-corrected chi connectivity index (χ0v) is 9.73. The summed E-state index contributed by atoms with van der Waals surface area (Å²) in [5.74, 6) is 0.407. The standard InChI is InChI=1S/C10H13F2N3S/c1-15(6-2-3-16-5-6)10-8(12)4-7(11)9(13)14-10/h4,6H,2-3,5H2,1H3,(H2,13,14). The third kappa shape index (κ3) is 2.07. The number of nitrogens with zero attached hydrogens (tertiary/aromatic N) is 2. The highest BCUT2D eigenvalue weighted by molar-refractivity contribution is 7.99. The molecule has 1 aromatic rings. The monoisotopic (exact) mass is 245 g/mol. The van der Waals surface area contributed by atoms with Crippen LogP contribution >= 0.6 is 11.8 Å². The van der Waals surface area contributed by atoms with Crippen LogP contribution in [0.4, 0.5) is 20.4 Å². The maximum Gasteiger partial charge on any atom is 0.168 e. The Bertz CT molecular complexity index is 394. The lowest BCUT2D eigenvalue weighted by atomic mass is 10.2. The van der Waals surface area contributed by atoms with Crippen LogP contribution in [-0.4, -0.2) is 29.6 Å². The number of pyridine rings is 1. The third-order valence-electron chi connectivity index (χ3n) is 2.73. The molecular weight excluding hydrogens is 232 g/mol. The van der Waals surface area contributed by atoms with E-state index in [1.165, 1.54) is 0 Å². The smallest absolute Gasteiger partial charge is 0.168 e. The fraction of sp³-hybridized carbons (Fsp3) is 0.500. The van der Waals surface area contributed by atoms with Crippen molar-refractivity contribution >= 4 is 23.4 Å². The summed E-state index contributed by atoms with van der Waals surface area (Å²) in [6.45, 7) is 0. The van der Waals surface area contributed by atoms with Gasteiger partial charge in [-0.2, -0.15) is 11.8 Å². The number of nitrogens with two attached hydrogens (primary N) is 1. The number of nitrogen functional groups attached to an aromatic ring is 1. The van der Waals surface area contributed by atoms with Crippen LogP contribution in [0.2, 0.25) is 0 Å². The van der Waals surface area contributed by atoms with Gasteiger partial charge in [0.25, 0.3) is 0 Å². The largest absolute Gasteiger partial charge is 0.381 e. The van der Waals surface area contributed by atoms with Gasteiger partial charge >= 0.3 is 0 Å². The first-order valence-electron chi connectivity index (χ1n) is 5.01. The second-order valence-electron chi connectivity index (χ2n) is 3.79. The van der Waals surface area contributed by atoms with Crippen molar-refractivity contribution in [3.05, 3.63) is 17.7 Å². The van der Waals surface area contributed by atoms with Gasteiger partial charge in [-0.3, -0.25) is 0 Å². The van der Waals surface area contributed by atoms with Crippen LogP contribution in [-0.2, 0) is 0 Å². The van der Waals surface area contributed by atoms with E-state index in [9.17, 15) is 8.78 Å². The van der Waals surface area contributed by atoms with Crippen molar-refractivity contribution in [3.63, 3.8) is 0 Å². The highest BCUT2D eigenvalue weighted by Crippen LogP contribution is 2.27. The highest BCUT2D eigenvalue weighted by Gasteiger charge is 2.24. The molecule has 1 aliphatic rings. The molecule has 16 heavy (non-hydrogen) atoms. The number of aromatic nitrogens is 1. The quantitative estimate of drug-likeness (QED) is 0.864. The van der Waals surface area contributed by atoms with E-state index in [1.807, 2.05) is 11.8 Å². The predicted octanol–water partition coefficient (Wildman–Crippen LogP) is 1.88. The molecule has 3 nitrogen and oxygen atoms in total. The summed E-state index contributed by atoms with van der Waals surface area (Å²) in [4.78, 5) is 5.50. The zero-order valence-electron chi connectivity index (χ0n) is 8.91. The van der Waals surface area contributed by atoms with Crippen LogP contribution in [0.3, 0.4) is 0 Å². The van der Waals surface area contributed by atoms with Crippen molar-refractivity contribution in [2.45, 2.75) is 12.5 Å². The minimum absolute atomic E-state index is 0.131. The van der Waals surface area contributed by atoms with Gasteiger partial charge in [0, 0.05) is 24.9 Å². The summed E-state index contributed by atoms with van der Waals surface area (Å²) >= 11 is 1.82. The van der Waals surface area contributed by atoms with E-state index in [0.29, 0.717) is 0 Å². The Morgan fingerprint density at radius 3 is 2.88 bits per heavy atom. The number of rotatable bonds is 2. The number of anilines is 2. The van der Waals surface area contributed by atoms with E-state index in [4.69, 9.17) is 5.73 Å². The van der Waals surface area contributed by atoms with Gasteiger partial charge < -0.3 is 10.6 Å². The van der Waals surface area contributed by atoms with Gasteiger partial charge in [0.15, 0.2) is 23.3 Å². The third-order valence-corrected chi connectivity index (χ3v) is 3.87. The highest BCUT2D eigenvalue weighted by atomic mass is 32.2. The Hall–Kier alpha value is -1.04. The molecule has 1 saturated heterocycles. The molecule has 88 valence electrons. The fourth-order valence-electron chi connectivity index (χ4n) is 1.72. The molecular formula is C10H13F2N3S. The van der Waals surface area contributed by atoms with E-state index >= 15 is 0 Å². The molecule has 2 heterocycles. The van der Waals surface area contributed by atoms with E-state index in [1.54, 1.807) is 11.9 Å². The molecule has 1 unspecified atom stereocenters. The fourth-order valence-corrected chi connectivity index (χ4v) is 2.99. The van der Waals surface area contributed by atoms with Crippen LogP contribution in [0.1, 0.15) is 6.42 Å². The molecule has 2 N–H and O–H groups in total. The molecule has 0 bridgehead atoms. The molecule has 2 rings (SSSR count). The van der Waals surface area contributed by atoms with Crippen LogP contribution in [0.25, 0.3) is 0 Å². The van der Waals surface area contributed by atoms with Gasteiger partial charge in [-0.15, -0.1) is 0 Å². The van der Waals surface area contributed by atoms with E-state index < -0.39 is 11.6 Å². The predicted molar refractivity (Wildman–Crippen MR) is 62.7 cm³/mol. The summed E-state index contributed by atoms with van der Waals surface area (Å²) in [6, 6.07) is 1.04. The summed E-state index contributed by atoms with van der Waals surface area (Å²) in [5, 5.41) is 0. The molecule has 0 aliphatic carbocycles. The second-order valence-corrected chi connectivity index (χ2v) is 4.94. The van der Waals surface area contributed by atoms with Crippen LogP contribution < -0.4 is 10.6 Å². The lowest BCUT2D eigenvalue weighted by molar-refractivity contribution is 0.565. The van der Waals surface area contributed by atoms with Gasteiger partial charge in [0.2, 0.25) is 0 Å². The molecule has 6 heteroatoms. The Balaban J connectivity index is 2.28. The zero-order chi connectivity index (χ0) is 11.7. The first kappa shape index (κ1) is 11.4. The molecule has 0 amide bonds. The maximum absolute atomic E-state index is 13.5. The van der Waals surface area contributed by atoms with Gasteiger partial charge in [0.1, 0.15) is 0 Å². The Morgan fingerprint density at radius 1 is 1.50 bits per heavy atom. The number of halogens is 2. The van der Waals surface area contributed by atoms with E-state index in [0.717, 1.165) is 24.0 Å². The summed E-state index contributed by atoms with van der Waals surface area (Å²) in [6.07, 6.45) is 0.986. The molecule has 0 spiro atoms. The molecule has 1 fully saturated rings. The van der Waals surface area contributed by atoms with Gasteiger partial charge in [0.05, 0.1) is 0 Å². The van der Waals surface area contributed by atoms with Crippen molar-refractivity contribution in [2.24, 2.45) is 0 Å². The van der Waals surface area contributed by atoms with Crippen LogP contribution in [0.5, 0.6) is 0 Å². The minimum Gasteiger partial charge on any atom is -0.381 e. The van der Waals surface area contributed by atoms with E-state index in [-0.39, 0.29) is 17.7 Å². The second kappa shape index (κ2) is 4.45. The summed E-state index contributed by atoms with van der Waals surface area (Å²) in [5.41, 5.74) is 5.34. The molecule has 1 aliphatic heterocycles. The topological polar surface area (TPSA) is 42.2 Å². The summed E-state index contributed by atoms with van der Waals surface area (Å²) in [7, 11) is 1.76. The number of hydrogen-bond donors (Lipinski definition) is 1. The van der Waals surface area contributed by atoms with Crippen molar-refractivity contribution in [1.29, 1.82) is 0 Å². The maximum atomic E-state index is 13.5. The molecule has 0 aromatic carbocycles. The van der Waals surface area contributed by atoms with Crippen molar-refractivity contribution in [1.82, 2.24) is 4.98 Å². The van der Waals surface area contributed by atoms with Crippen LogP contribution in [0.15, 0.2) is 6.07 Å². The summed E-state index contributed by atoms with van der Waals surface area (Å²) < 4.78 is 26.5. The average molecular weight is 245 g/mol. The van der Waals surface area contributed by atoms with Crippen molar-refractivity contribution in [3.8, 4) is 0 Å². The molecule has 1 atom stereocenters. The lowest BCUT2D eigenvalue weighted by Crippen LogP contribution is -2.33. The number of thioether (sulfide) groups is 1. The first-order valence-corrected chi connectivity index (χ1v) is 6.17. The lowest BCUT2D eigenvalue weighted by Gasteiger charge is -2.25. The number of hydrogen-bond acceptors (Lipinski definition) is 4. The first-order chi connectivity index (χ1) is 7.59. The molecule has 1 aromatic heterocycles. The van der Waals surface area contributed by atoms with Gasteiger partial charge in [-0.25, -0.2) is 13.8 Å². The minimum atomic E-state index is -0.810. The average Bonchev–Trinajstić information content (AvgIpc) is 2.75. The SMILES string of the molecule is CN(c1nc(N)c(F)cc1F)C1CCSC1. The van der Waals surface area contributed by atoms with Crippen molar-refractivity contribution < 1.29 is 8.78 Å². The Labute approximate surface area is 97.0 Å². The van der Waals surface area contributed by atoms with Crippen LogP contribution in [0, 0.1) is 11.6 Å². The Morgan fingerprint density at radius 2 is 2.25 bits per heavy atom. The van der Waals surface area contributed by atoms with Gasteiger partial charge in [-0.1, -0.05) is 0 Å². The Kier molecular flexibility index (Phi) is 3.18. The van der Waals surface area contributed by atoms with Crippen molar-refractivity contribution in [2.75, 3.05) is 29.2 Å². The van der Waals surface area contributed by atoms with Gasteiger partial charge in [-0.05, 0) is 12.2 Å². The normalized spacial score (nSPS) is 20.1. The molecule has 0 saturated carbocycles.